The van der Waals surface area contributed by atoms with Crippen molar-refractivity contribution in [3.8, 4) is 0 Å². The Morgan fingerprint density at radius 3 is 3.00 bits per heavy atom. The van der Waals surface area contributed by atoms with Gasteiger partial charge in [-0.25, -0.2) is 14.8 Å². The van der Waals surface area contributed by atoms with E-state index in [-0.39, 0.29) is 6.03 Å². The first-order valence-corrected chi connectivity index (χ1v) is 11.3. The van der Waals surface area contributed by atoms with Gasteiger partial charge in [0.05, 0.1) is 21.4 Å². The van der Waals surface area contributed by atoms with Crippen molar-refractivity contribution in [1.82, 2.24) is 24.8 Å². The molecular formula is C23H24N6OS. The van der Waals surface area contributed by atoms with Gasteiger partial charge in [-0.1, -0.05) is 6.08 Å². The Hall–Kier alpha value is -3.39. The monoisotopic (exact) mass is 432 g/mol. The quantitative estimate of drug-likeness (QED) is 0.472. The summed E-state index contributed by atoms with van der Waals surface area (Å²) in [5.74, 6) is 0. The second kappa shape index (κ2) is 8.03. The van der Waals surface area contributed by atoms with Crippen molar-refractivity contribution in [2.75, 3.05) is 32.0 Å². The van der Waals surface area contributed by atoms with Gasteiger partial charge in [-0.15, -0.1) is 11.3 Å². The fourth-order valence-electron chi connectivity index (χ4n) is 3.86. The van der Waals surface area contributed by atoms with Gasteiger partial charge in [-0.2, -0.15) is 0 Å². The third-order valence-electron chi connectivity index (χ3n) is 5.77. The van der Waals surface area contributed by atoms with Gasteiger partial charge in [0.2, 0.25) is 0 Å². The molecule has 0 saturated carbocycles. The van der Waals surface area contributed by atoms with E-state index in [2.05, 4.69) is 38.5 Å². The number of anilines is 2. The van der Waals surface area contributed by atoms with Crippen LogP contribution in [0.15, 0.2) is 48.1 Å². The van der Waals surface area contributed by atoms with E-state index in [1.165, 1.54) is 5.57 Å². The number of hydrogen-bond donors (Lipinski definition) is 2. The van der Waals surface area contributed by atoms with Gasteiger partial charge < -0.3 is 20.1 Å². The Morgan fingerprint density at radius 2 is 2.19 bits per heavy atom. The number of pyridine rings is 1. The van der Waals surface area contributed by atoms with Gasteiger partial charge in [0.25, 0.3) is 0 Å². The third kappa shape index (κ3) is 3.74. The van der Waals surface area contributed by atoms with E-state index >= 15 is 0 Å². The Balaban J connectivity index is 1.39. The average molecular weight is 433 g/mol. The first-order chi connectivity index (χ1) is 15.1. The summed E-state index contributed by atoms with van der Waals surface area (Å²) in [5, 5.41) is 4.58. The van der Waals surface area contributed by atoms with Crippen molar-refractivity contribution in [1.29, 1.82) is 0 Å². The predicted molar refractivity (Wildman–Crippen MR) is 127 cm³/mol. The van der Waals surface area contributed by atoms with Gasteiger partial charge in [-0.05, 0) is 49.2 Å². The Bertz CT molecular complexity index is 1290. The largest absolute Gasteiger partial charge is 0.355 e. The van der Waals surface area contributed by atoms with Crippen LogP contribution >= 0.6 is 11.3 Å². The number of rotatable bonds is 4. The number of thiazole rings is 1. The molecule has 7 nitrogen and oxygen atoms in total. The van der Waals surface area contributed by atoms with Crippen LogP contribution in [-0.4, -0.2) is 57.5 Å². The molecule has 0 atom stereocenters. The van der Waals surface area contributed by atoms with Crippen LogP contribution in [0, 0.1) is 0 Å². The number of amides is 2. The maximum Gasteiger partial charge on any atom is 0.320 e. The van der Waals surface area contributed by atoms with E-state index in [1.807, 2.05) is 48.8 Å². The number of H-pyrrole nitrogens is 1. The van der Waals surface area contributed by atoms with Gasteiger partial charge in [0.15, 0.2) is 0 Å². The molecule has 0 unspecified atom stereocenters. The minimum Gasteiger partial charge on any atom is -0.355 e. The number of urea groups is 1. The van der Waals surface area contributed by atoms with Crippen LogP contribution in [-0.2, 0) is 0 Å². The van der Waals surface area contributed by atoms with Gasteiger partial charge in [0, 0.05) is 49.6 Å². The summed E-state index contributed by atoms with van der Waals surface area (Å²) in [6.07, 6.45) is 4.77. The molecule has 1 aliphatic rings. The van der Waals surface area contributed by atoms with Gasteiger partial charge >= 0.3 is 6.03 Å². The average Bonchev–Trinajstić information content (AvgIpc) is 3.45. The van der Waals surface area contributed by atoms with Crippen molar-refractivity contribution in [3.05, 3.63) is 53.8 Å². The van der Waals surface area contributed by atoms with E-state index in [4.69, 9.17) is 0 Å². The maximum atomic E-state index is 12.4. The highest BCUT2D eigenvalue weighted by atomic mass is 32.1. The van der Waals surface area contributed by atoms with E-state index < -0.39 is 0 Å². The standard InChI is InChI=1S/C23H24N6OS/c1-3-28(2)23(30)29-10-7-15(8-11-29)20-13-17-18(6-9-24-22(17)27-20)26-16-4-5-19-21(12-16)31-14-25-19/h4-7,9,12-14H,3,8,10-11H2,1-2H3,(H2,24,26,27). The van der Waals surface area contributed by atoms with Crippen LogP contribution in [0.3, 0.4) is 0 Å². The number of benzene rings is 1. The second-order valence-corrected chi connectivity index (χ2v) is 8.57. The molecule has 1 aromatic carbocycles. The van der Waals surface area contributed by atoms with E-state index in [0.29, 0.717) is 13.1 Å². The lowest BCUT2D eigenvalue weighted by Crippen LogP contribution is -2.43. The molecule has 158 valence electrons. The minimum absolute atomic E-state index is 0.0838. The summed E-state index contributed by atoms with van der Waals surface area (Å²) < 4.78 is 1.16. The topological polar surface area (TPSA) is 77.2 Å². The highest BCUT2D eigenvalue weighted by molar-refractivity contribution is 7.16. The van der Waals surface area contributed by atoms with Gasteiger partial charge in [0.1, 0.15) is 5.65 Å². The molecule has 1 aliphatic heterocycles. The first-order valence-electron chi connectivity index (χ1n) is 10.4. The Kier molecular flexibility index (Phi) is 5.07. The van der Waals surface area contributed by atoms with Crippen molar-refractivity contribution in [2.45, 2.75) is 13.3 Å². The first kappa shape index (κ1) is 19.6. The predicted octanol–water partition coefficient (Wildman–Crippen LogP) is 5.08. The number of hydrogen-bond acceptors (Lipinski definition) is 5. The number of aromatic nitrogens is 3. The molecule has 0 fully saturated rings. The molecule has 0 spiro atoms. The molecule has 3 aromatic heterocycles. The number of carbonyl (C=O) groups is 1. The lowest BCUT2D eigenvalue weighted by atomic mass is 10.0. The SMILES string of the molecule is CCN(C)C(=O)N1CC=C(c2cc3c(Nc4ccc5ncsc5c4)ccnc3[nH]2)CC1. The summed E-state index contributed by atoms with van der Waals surface area (Å²) in [7, 11) is 1.84. The van der Waals surface area contributed by atoms with Gasteiger partial charge in [-0.3, -0.25) is 0 Å². The molecule has 5 rings (SSSR count). The smallest absolute Gasteiger partial charge is 0.320 e. The summed E-state index contributed by atoms with van der Waals surface area (Å²) >= 11 is 1.64. The number of nitrogens with zero attached hydrogens (tertiary/aromatic N) is 4. The van der Waals surface area contributed by atoms with E-state index in [9.17, 15) is 4.79 Å². The Labute approximate surface area is 184 Å². The van der Waals surface area contributed by atoms with Crippen LogP contribution in [0.4, 0.5) is 16.2 Å². The van der Waals surface area contributed by atoms with Crippen LogP contribution in [0.2, 0.25) is 0 Å². The highest BCUT2D eigenvalue weighted by Crippen LogP contribution is 2.31. The second-order valence-electron chi connectivity index (χ2n) is 7.69. The van der Waals surface area contributed by atoms with Crippen LogP contribution < -0.4 is 5.32 Å². The molecule has 4 aromatic rings. The highest BCUT2D eigenvalue weighted by Gasteiger charge is 2.21. The van der Waals surface area contributed by atoms with Crippen molar-refractivity contribution >= 4 is 55.6 Å². The number of carbonyl (C=O) groups excluding carboxylic acids is 1. The summed E-state index contributed by atoms with van der Waals surface area (Å²) in [6, 6.07) is 10.4. The molecule has 31 heavy (non-hydrogen) atoms. The maximum absolute atomic E-state index is 12.4. The normalized spacial score (nSPS) is 14.1. The Morgan fingerprint density at radius 1 is 1.29 bits per heavy atom. The molecule has 8 heteroatoms. The third-order valence-corrected chi connectivity index (χ3v) is 6.56. The fourth-order valence-corrected chi connectivity index (χ4v) is 4.58. The molecular weight excluding hydrogens is 408 g/mol. The van der Waals surface area contributed by atoms with Crippen molar-refractivity contribution in [3.63, 3.8) is 0 Å². The zero-order valence-corrected chi connectivity index (χ0v) is 18.4. The van der Waals surface area contributed by atoms with Crippen molar-refractivity contribution in [2.24, 2.45) is 0 Å². The lowest BCUT2D eigenvalue weighted by Gasteiger charge is -2.30. The van der Waals surface area contributed by atoms with Crippen LogP contribution in [0.1, 0.15) is 19.0 Å². The lowest BCUT2D eigenvalue weighted by molar-refractivity contribution is 0.169. The molecule has 4 heterocycles. The van der Waals surface area contributed by atoms with Crippen LogP contribution in [0.5, 0.6) is 0 Å². The summed E-state index contributed by atoms with van der Waals surface area (Å²) in [5.41, 5.74) is 8.05. The summed E-state index contributed by atoms with van der Waals surface area (Å²) in [4.78, 5) is 28.3. The molecule has 2 amide bonds. The van der Waals surface area contributed by atoms with E-state index in [1.54, 1.807) is 16.2 Å². The van der Waals surface area contributed by atoms with Crippen LogP contribution in [0.25, 0.3) is 26.8 Å². The molecule has 0 radical (unpaired) electrons. The number of aromatic amines is 1. The molecule has 0 saturated heterocycles. The molecule has 0 bridgehead atoms. The molecule has 2 N–H and O–H groups in total. The minimum atomic E-state index is 0.0838. The zero-order chi connectivity index (χ0) is 21.4. The number of fused-ring (bicyclic) bond motifs is 2. The fraction of sp³-hybridized carbons (Fsp3) is 0.261. The number of nitrogens with one attached hydrogen (secondary N) is 2. The zero-order valence-electron chi connectivity index (χ0n) is 17.6. The summed E-state index contributed by atoms with van der Waals surface area (Å²) in [6.45, 7) is 4.05. The van der Waals surface area contributed by atoms with E-state index in [0.717, 1.165) is 51.3 Å². The molecule has 0 aliphatic carbocycles. The van der Waals surface area contributed by atoms with Crippen molar-refractivity contribution < 1.29 is 4.79 Å².